The normalized spacial score (nSPS) is 13.7. The molecule has 2 heterocycles. The number of anilines is 1. The van der Waals surface area contributed by atoms with Gasteiger partial charge in [-0.2, -0.15) is 0 Å². The molecule has 1 amide bonds. The van der Waals surface area contributed by atoms with Gasteiger partial charge >= 0.3 is 0 Å². The van der Waals surface area contributed by atoms with Crippen molar-refractivity contribution in [2.24, 2.45) is 5.73 Å². The van der Waals surface area contributed by atoms with E-state index in [2.05, 4.69) is 23.5 Å². The van der Waals surface area contributed by atoms with Gasteiger partial charge in [0.2, 0.25) is 5.91 Å². The molecule has 0 saturated carbocycles. The molecule has 24 heavy (non-hydrogen) atoms. The van der Waals surface area contributed by atoms with Crippen molar-refractivity contribution in [3.05, 3.63) is 53.9 Å². The van der Waals surface area contributed by atoms with E-state index >= 15 is 0 Å². The van der Waals surface area contributed by atoms with Crippen molar-refractivity contribution in [3.63, 3.8) is 0 Å². The maximum atomic E-state index is 11.4. The fourth-order valence-electron chi connectivity index (χ4n) is 3.31. The maximum absolute atomic E-state index is 11.4. The largest absolute Gasteiger partial charge is 0.324 e. The van der Waals surface area contributed by atoms with Crippen molar-refractivity contribution in [2.45, 2.75) is 25.7 Å². The Bertz CT molecular complexity index is 913. The minimum Gasteiger partial charge on any atom is -0.324 e. The number of fused-ring (bicyclic) bond motifs is 2. The van der Waals surface area contributed by atoms with Crippen LogP contribution in [-0.4, -0.2) is 21.8 Å². The lowest BCUT2D eigenvalue weighted by Crippen LogP contribution is -2.21. The number of hydrogen-bond acceptors (Lipinski definition) is 3. The van der Waals surface area contributed by atoms with Crippen LogP contribution in [0.1, 0.15) is 24.0 Å². The van der Waals surface area contributed by atoms with Crippen LogP contribution < -0.4 is 11.1 Å². The summed E-state index contributed by atoms with van der Waals surface area (Å²) in [7, 11) is 0. The molecule has 0 bridgehead atoms. The summed E-state index contributed by atoms with van der Waals surface area (Å²) in [5.74, 6) is -0.204. The van der Waals surface area contributed by atoms with Gasteiger partial charge < -0.3 is 15.5 Å². The molecule has 5 heteroatoms. The molecule has 3 N–H and O–H groups in total. The van der Waals surface area contributed by atoms with Gasteiger partial charge in [0.05, 0.1) is 17.9 Å². The van der Waals surface area contributed by atoms with E-state index in [1.54, 1.807) is 0 Å². The molecule has 4 rings (SSSR count). The monoisotopic (exact) mass is 320 g/mol. The fourth-order valence-corrected chi connectivity index (χ4v) is 3.31. The highest BCUT2D eigenvalue weighted by atomic mass is 16.1. The van der Waals surface area contributed by atoms with Crippen LogP contribution in [0.25, 0.3) is 16.9 Å². The third kappa shape index (κ3) is 2.78. The molecular formula is C19H20N4O. The minimum atomic E-state index is -0.204. The molecule has 1 aromatic carbocycles. The predicted octanol–water partition coefficient (Wildman–Crippen LogP) is 2.78. The highest BCUT2D eigenvalue weighted by molar-refractivity contribution is 5.92. The number of pyridine rings is 1. The molecule has 0 radical (unpaired) electrons. The summed E-state index contributed by atoms with van der Waals surface area (Å²) in [5.41, 5.74) is 11.9. The van der Waals surface area contributed by atoms with E-state index in [4.69, 9.17) is 10.7 Å². The summed E-state index contributed by atoms with van der Waals surface area (Å²) < 4.78 is 1.93. The third-order valence-corrected chi connectivity index (χ3v) is 4.56. The van der Waals surface area contributed by atoms with E-state index in [1.165, 1.54) is 30.4 Å². The number of nitrogens with zero attached hydrogens (tertiary/aromatic N) is 2. The van der Waals surface area contributed by atoms with Crippen LogP contribution in [0.2, 0.25) is 0 Å². The van der Waals surface area contributed by atoms with Gasteiger partial charge in [-0.05, 0) is 55.0 Å². The smallest absolute Gasteiger partial charge is 0.238 e. The first kappa shape index (κ1) is 14.9. The highest BCUT2D eigenvalue weighted by Crippen LogP contribution is 2.27. The third-order valence-electron chi connectivity index (χ3n) is 4.56. The first-order chi connectivity index (χ1) is 11.7. The van der Waals surface area contributed by atoms with Crippen molar-refractivity contribution < 1.29 is 4.79 Å². The first-order valence-electron chi connectivity index (χ1n) is 8.34. The Labute approximate surface area is 140 Å². The topological polar surface area (TPSA) is 72.4 Å². The average molecular weight is 320 g/mol. The molecule has 3 aromatic rings. The van der Waals surface area contributed by atoms with Crippen LogP contribution in [0.3, 0.4) is 0 Å². The molecule has 0 spiro atoms. The van der Waals surface area contributed by atoms with Gasteiger partial charge in [-0.3, -0.25) is 4.79 Å². The Balaban J connectivity index is 1.68. The molecule has 0 atom stereocenters. The number of aryl methyl sites for hydroxylation is 2. The number of imidazole rings is 1. The van der Waals surface area contributed by atoms with Crippen LogP contribution in [0.15, 0.2) is 42.7 Å². The molecule has 0 fully saturated rings. The summed E-state index contributed by atoms with van der Waals surface area (Å²) in [6, 6.07) is 10.4. The van der Waals surface area contributed by atoms with Gasteiger partial charge in [-0.25, -0.2) is 4.98 Å². The van der Waals surface area contributed by atoms with Crippen LogP contribution >= 0.6 is 0 Å². The molecule has 5 nitrogen and oxygen atoms in total. The molecule has 2 aromatic heterocycles. The number of carbonyl (C=O) groups excluding carboxylic acids is 1. The van der Waals surface area contributed by atoms with E-state index in [1.807, 2.05) is 28.9 Å². The van der Waals surface area contributed by atoms with Crippen molar-refractivity contribution >= 4 is 17.2 Å². The second-order valence-electron chi connectivity index (χ2n) is 6.25. The summed E-state index contributed by atoms with van der Waals surface area (Å²) in [6.45, 7) is -0.0255. The standard InChI is InChI=1S/C19H20N4O/c20-10-19(24)21-16-7-8-18-22-17(12-23(18)11-16)15-6-5-13-3-1-2-4-14(13)9-15/h5-9,11-12H,1-4,10,20H2,(H,21,24). The number of nitrogens with one attached hydrogen (secondary N) is 1. The summed E-state index contributed by atoms with van der Waals surface area (Å²) in [4.78, 5) is 16.1. The van der Waals surface area contributed by atoms with Gasteiger partial charge in [0.25, 0.3) is 0 Å². The first-order valence-corrected chi connectivity index (χ1v) is 8.34. The molecule has 1 aliphatic rings. The molecular weight excluding hydrogens is 300 g/mol. The Hall–Kier alpha value is -2.66. The van der Waals surface area contributed by atoms with E-state index in [9.17, 15) is 4.79 Å². The molecule has 0 unspecified atom stereocenters. The number of nitrogens with two attached hydrogens (primary N) is 1. The number of hydrogen-bond donors (Lipinski definition) is 2. The number of benzene rings is 1. The van der Waals surface area contributed by atoms with Gasteiger partial charge in [-0.15, -0.1) is 0 Å². The zero-order valence-corrected chi connectivity index (χ0v) is 13.5. The molecule has 0 saturated heterocycles. The van der Waals surface area contributed by atoms with Crippen LogP contribution in [0, 0.1) is 0 Å². The number of carbonyl (C=O) groups is 1. The zero-order chi connectivity index (χ0) is 16.5. The number of amides is 1. The second-order valence-corrected chi connectivity index (χ2v) is 6.25. The lowest BCUT2D eigenvalue weighted by molar-refractivity contribution is -0.114. The summed E-state index contributed by atoms with van der Waals surface area (Å²) >= 11 is 0. The van der Waals surface area contributed by atoms with Gasteiger partial charge in [-0.1, -0.05) is 12.1 Å². The second kappa shape index (κ2) is 6.09. The fraction of sp³-hybridized carbons (Fsp3) is 0.263. The van der Waals surface area contributed by atoms with Gasteiger partial charge in [0.15, 0.2) is 0 Å². The average Bonchev–Trinajstić information content (AvgIpc) is 3.04. The Morgan fingerprint density at radius 3 is 2.79 bits per heavy atom. The maximum Gasteiger partial charge on any atom is 0.238 e. The minimum absolute atomic E-state index is 0.0255. The summed E-state index contributed by atoms with van der Waals surface area (Å²) in [6.07, 6.45) is 8.76. The lowest BCUT2D eigenvalue weighted by Gasteiger charge is -2.15. The zero-order valence-electron chi connectivity index (χ0n) is 13.5. The van der Waals surface area contributed by atoms with Crippen molar-refractivity contribution in [2.75, 3.05) is 11.9 Å². The molecule has 0 aliphatic heterocycles. The predicted molar refractivity (Wildman–Crippen MR) is 95.0 cm³/mol. The van der Waals surface area contributed by atoms with Gasteiger partial charge in [0.1, 0.15) is 5.65 Å². The van der Waals surface area contributed by atoms with E-state index in [0.717, 1.165) is 23.3 Å². The van der Waals surface area contributed by atoms with Gasteiger partial charge in [0, 0.05) is 18.0 Å². The Morgan fingerprint density at radius 1 is 1.12 bits per heavy atom. The SMILES string of the molecule is NCC(=O)Nc1ccc2nc(-c3ccc4c(c3)CCCC4)cn2c1. The van der Waals surface area contributed by atoms with E-state index in [-0.39, 0.29) is 12.5 Å². The van der Waals surface area contributed by atoms with Crippen molar-refractivity contribution in [1.29, 1.82) is 0 Å². The Kier molecular flexibility index (Phi) is 3.78. The van der Waals surface area contributed by atoms with Crippen LogP contribution in [-0.2, 0) is 17.6 Å². The van der Waals surface area contributed by atoms with Crippen LogP contribution in [0.5, 0.6) is 0 Å². The summed E-state index contributed by atoms with van der Waals surface area (Å²) in [5, 5.41) is 2.76. The number of aromatic nitrogens is 2. The van der Waals surface area contributed by atoms with Crippen molar-refractivity contribution in [1.82, 2.24) is 9.38 Å². The Morgan fingerprint density at radius 2 is 1.96 bits per heavy atom. The van der Waals surface area contributed by atoms with Crippen molar-refractivity contribution in [3.8, 4) is 11.3 Å². The van der Waals surface area contributed by atoms with E-state index < -0.39 is 0 Å². The molecule has 122 valence electrons. The highest BCUT2D eigenvalue weighted by Gasteiger charge is 2.12. The van der Waals surface area contributed by atoms with Crippen LogP contribution in [0.4, 0.5) is 5.69 Å². The van der Waals surface area contributed by atoms with E-state index in [0.29, 0.717) is 5.69 Å². The number of rotatable bonds is 3. The lowest BCUT2D eigenvalue weighted by atomic mass is 9.90. The quantitative estimate of drug-likeness (QED) is 0.779. The molecule has 1 aliphatic carbocycles.